The highest BCUT2D eigenvalue weighted by Gasteiger charge is 2.21. The average Bonchev–Trinajstić information content (AvgIpc) is 2.74. The molecule has 1 unspecified atom stereocenters. The van der Waals surface area contributed by atoms with Gasteiger partial charge in [0.1, 0.15) is 13.3 Å². The lowest BCUT2D eigenvalue weighted by Crippen LogP contribution is -2.40. The lowest BCUT2D eigenvalue weighted by molar-refractivity contribution is -0.140. The van der Waals surface area contributed by atoms with Crippen molar-refractivity contribution in [2.45, 2.75) is 51.7 Å². The predicted molar refractivity (Wildman–Crippen MR) is 110 cm³/mol. The third-order valence-electron chi connectivity index (χ3n) is 5.16. The molecule has 0 aromatic heterocycles. The average molecular weight is 407 g/mol. The monoisotopic (exact) mass is 406 g/mol. The SMILES string of the molecule is COC(=O)CCCC(C)CN1CCC(OCNC(=O)OCc2ccccc2)CC1. The van der Waals surface area contributed by atoms with E-state index in [0.717, 1.165) is 50.9 Å². The van der Waals surface area contributed by atoms with Crippen molar-refractivity contribution in [1.29, 1.82) is 0 Å². The number of hydrogen-bond donors (Lipinski definition) is 1. The van der Waals surface area contributed by atoms with Crippen molar-refractivity contribution in [3.63, 3.8) is 0 Å². The van der Waals surface area contributed by atoms with Crippen LogP contribution in [0.3, 0.4) is 0 Å². The summed E-state index contributed by atoms with van der Waals surface area (Å²) in [4.78, 5) is 25.3. The first-order chi connectivity index (χ1) is 14.1. The minimum Gasteiger partial charge on any atom is -0.469 e. The fraction of sp³-hybridized carbons (Fsp3) is 0.636. The van der Waals surface area contributed by atoms with Crippen molar-refractivity contribution >= 4 is 12.1 Å². The summed E-state index contributed by atoms with van der Waals surface area (Å²) in [7, 11) is 1.43. The van der Waals surface area contributed by atoms with Crippen LogP contribution in [-0.2, 0) is 25.6 Å². The van der Waals surface area contributed by atoms with Crippen LogP contribution in [-0.4, -0.2) is 56.5 Å². The second kappa shape index (κ2) is 13.2. The van der Waals surface area contributed by atoms with Crippen LogP contribution in [0.2, 0.25) is 0 Å². The first-order valence-electron chi connectivity index (χ1n) is 10.4. The van der Waals surface area contributed by atoms with Gasteiger partial charge in [-0.15, -0.1) is 0 Å². The van der Waals surface area contributed by atoms with E-state index in [2.05, 4.69) is 21.9 Å². The van der Waals surface area contributed by atoms with Crippen LogP contribution in [0.15, 0.2) is 30.3 Å². The van der Waals surface area contributed by atoms with Crippen LogP contribution in [0, 0.1) is 5.92 Å². The Labute approximate surface area is 173 Å². The molecule has 1 aromatic rings. The van der Waals surface area contributed by atoms with E-state index in [1.54, 1.807) is 0 Å². The number of nitrogens with one attached hydrogen (secondary N) is 1. The highest BCUT2D eigenvalue weighted by Crippen LogP contribution is 2.17. The van der Waals surface area contributed by atoms with E-state index in [-0.39, 0.29) is 25.4 Å². The van der Waals surface area contributed by atoms with Gasteiger partial charge in [0.15, 0.2) is 0 Å². The normalized spacial score (nSPS) is 16.2. The zero-order chi connectivity index (χ0) is 20.9. The van der Waals surface area contributed by atoms with Gasteiger partial charge in [0.2, 0.25) is 0 Å². The molecule has 1 heterocycles. The molecule has 1 saturated heterocycles. The Morgan fingerprint density at radius 1 is 1.21 bits per heavy atom. The minimum absolute atomic E-state index is 0.132. The number of hydrogen-bond acceptors (Lipinski definition) is 6. The number of esters is 1. The van der Waals surface area contributed by atoms with Crippen LogP contribution < -0.4 is 5.32 Å². The molecule has 2 rings (SSSR count). The lowest BCUT2D eigenvalue weighted by atomic mass is 10.0. The highest BCUT2D eigenvalue weighted by atomic mass is 16.6. The molecule has 7 nitrogen and oxygen atoms in total. The number of amides is 1. The molecule has 1 aliphatic rings. The van der Waals surface area contributed by atoms with Gasteiger partial charge in [-0.3, -0.25) is 10.1 Å². The molecule has 29 heavy (non-hydrogen) atoms. The van der Waals surface area contributed by atoms with Crippen LogP contribution in [0.1, 0.15) is 44.6 Å². The van der Waals surface area contributed by atoms with Gasteiger partial charge in [-0.2, -0.15) is 0 Å². The lowest BCUT2D eigenvalue weighted by Gasteiger charge is -2.33. The zero-order valence-electron chi connectivity index (χ0n) is 17.6. The molecule has 0 bridgehead atoms. The molecule has 1 atom stereocenters. The number of nitrogens with zero attached hydrogens (tertiary/aromatic N) is 1. The number of carbonyl (C=O) groups is 2. The van der Waals surface area contributed by atoms with Crippen molar-refractivity contribution in [3.8, 4) is 0 Å². The number of piperidine rings is 1. The van der Waals surface area contributed by atoms with Crippen LogP contribution in [0.4, 0.5) is 4.79 Å². The Balaban J connectivity index is 1.51. The zero-order valence-corrected chi connectivity index (χ0v) is 17.6. The third-order valence-corrected chi connectivity index (χ3v) is 5.16. The van der Waals surface area contributed by atoms with Gasteiger partial charge >= 0.3 is 12.1 Å². The van der Waals surface area contributed by atoms with E-state index in [4.69, 9.17) is 9.47 Å². The Morgan fingerprint density at radius 2 is 1.93 bits per heavy atom. The summed E-state index contributed by atoms with van der Waals surface area (Å²) in [5, 5.41) is 2.65. The molecule has 0 saturated carbocycles. The van der Waals surface area contributed by atoms with E-state index < -0.39 is 6.09 Å². The van der Waals surface area contributed by atoms with Crippen LogP contribution in [0.5, 0.6) is 0 Å². The number of likely N-dealkylation sites (tertiary alicyclic amines) is 1. The first-order valence-corrected chi connectivity index (χ1v) is 10.4. The molecule has 1 N–H and O–H groups in total. The maximum atomic E-state index is 11.7. The quantitative estimate of drug-likeness (QED) is 0.449. The molecular formula is C22H34N2O5. The van der Waals surface area contributed by atoms with Gasteiger partial charge in [0, 0.05) is 26.1 Å². The van der Waals surface area contributed by atoms with E-state index in [9.17, 15) is 9.59 Å². The summed E-state index contributed by atoms with van der Waals surface area (Å²) < 4.78 is 15.6. The topological polar surface area (TPSA) is 77.1 Å². The fourth-order valence-electron chi connectivity index (χ4n) is 3.48. The van der Waals surface area contributed by atoms with Gasteiger partial charge in [0.05, 0.1) is 13.2 Å². The van der Waals surface area contributed by atoms with E-state index in [1.807, 2.05) is 30.3 Å². The summed E-state index contributed by atoms with van der Waals surface area (Å²) >= 11 is 0. The molecule has 0 spiro atoms. The Morgan fingerprint density at radius 3 is 2.62 bits per heavy atom. The van der Waals surface area contributed by atoms with Gasteiger partial charge < -0.3 is 19.1 Å². The van der Waals surface area contributed by atoms with Gasteiger partial charge in [-0.25, -0.2) is 4.79 Å². The van der Waals surface area contributed by atoms with E-state index in [1.165, 1.54) is 7.11 Å². The van der Waals surface area contributed by atoms with Gasteiger partial charge in [-0.1, -0.05) is 37.3 Å². The molecule has 7 heteroatoms. The molecule has 1 aliphatic heterocycles. The largest absolute Gasteiger partial charge is 0.469 e. The number of rotatable bonds is 11. The van der Waals surface area contributed by atoms with Gasteiger partial charge in [0.25, 0.3) is 0 Å². The molecular weight excluding hydrogens is 372 g/mol. The standard InChI is InChI=1S/C22H34N2O5/c1-18(7-6-10-21(25)27-2)15-24-13-11-20(12-14-24)29-17-23-22(26)28-16-19-8-4-3-5-9-19/h3-5,8-9,18,20H,6-7,10-17H2,1-2H3,(H,23,26). The summed E-state index contributed by atoms with van der Waals surface area (Å²) in [6.07, 6.45) is 4.00. The fourth-order valence-corrected chi connectivity index (χ4v) is 3.48. The van der Waals surface area contributed by atoms with Crippen molar-refractivity contribution in [2.24, 2.45) is 5.92 Å². The Kier molecular flexibility index (Phi) is 10.5. The van der Waals surface area contributed by atoms with Crippen LogP contribution >= 0.6 is 0 Å². The summed E-state index contributed by atoms with van der Waals surface area (Å²) in [5.41, 5.74) is 0.954. The number of ether oxygens (including phenoxy) is 3. The third kappa shape index (κ3) is 9.76. The number of benzene rings is 1. The molecule has 1 fully saturated rings. The minimum atomic E-state index is -0.466. The second-order valence-electron chi connectivity index (χ2n) is 7.62. The number of alkyl carbamates (subject to hydrolysis) is 1. The number of methoxy groups -OCH3 is 1. The second-order valence-corrected chi connectivity index (χ2v) is 7.62. The molecule has 0 aliphatic carbocycles. The molecule has 1 aromatic carbocycles. The van der Waals surface area contributed by atoms with Crippen molar-refractivity contribution in [1.82, 2.24) is 10.2 Å². The van der Waals surface area contributed by atoms with E-state index >= 15 is 0 Å². The maximum absolute atomic E-state index is 11.7. The number of carbonyl (C=O) groups excluding carboxylic acids is 2. The van der Waals surface area contributed by atoms with Gasteiger partial charge in [-0.05, 0) is 37.2 Å². The van der Waals surface area contributed by atoms with Crippen molar-refractivity contribution in [2.75, 3.05) is 33.5 Å². The van der Waals surface area contributed by atoms with E-state index in [0.29, 0.717) is 12.3 Å². The summed E-state index contributed by atoms with van der Waals surface area (Å²) in [6.45, 7) is 5.67. The smallest absolute Gasteiger partial charge is 0.409 e. The Bertz CT molecular complexity index is 602. The molecule has 1 amide bonds. The summed E-state index contributed by atoms with van der Waals surface area (Å²) in [5.74, 6) is 0.422. The highest BCUT2D eigenvalue weighted by molar-refractivity contribution is 5.69. The van der Waals surface area contributed by atoms with Crippen molar-refractivity contribution < 1.29 is 23.8 Å². The predicted octanol–water partition coefficient (Wildman–Crippen LogP) is 3.33. The maximum Gasteiger partial charge on any atom is 0.409 e. The van der Waals surface area contributed by atoms with Crippen molar-refractivity contribution in [3.05, 3.63) is 35.9 Å². The first kappa shape index (κ1) is 23.2. The molecule has 162 valence electrons. The summed E-state index contributed by atoms with van der Waals surface area (Å²) in [6, 6.07) is 9.58. The Hall–Kier alpha value is -2.12. The van der Waals surface area contributed by atoms with Crippen LogP contribution in [0.25, 0.3) is 0 Å². The molecule has 0 radical (unpaired) electrons.